The van der Waals surface area contributed by atoms with Crippen molar-refractivity contribution in [1.82, 2.24) is 0 Å². The molecule has 0 fully saturated rings. The fourth-order valence-corrected chi connectivity index (χ4v) is 0.616. The van der Waals surface area contributed by atoms with Crippen LogP contribution >= 0.6 is 34.8 Å². The van der Waals surface area contributed by atoms with Crippen molar-refractivity contribution in [1.29, 1.82) is 0 Å². The highest BCUT2D eigenvalue weighted by Gasteiger charge is 2.25. The molecule has 0 aliphatic rings. The Hall–Kier alpha value is 0.610. The van der Waals surface area contributed by atoms with E-state index in [0.29, 0.717) is 0 Å². The lowest BCUT2D eigenvalue weighted by atomic mass is 10.2. The van der Waals surface area contributed by atoms with Gasteiger partial charge in [0.25, 0.3) is 0 Å². The molecule has 0 aromatic heterocycles. The minimum atomic E-state index is -1.16. The second kappa shape index (κ2) is 3.70. The molecule has 1 unspecified atom stereocenters. The summed E-state index contributed by atoms with van der Waals surface area (Å²) in [4.78, 5) is 0. The highest BCUT2D eigenvalue weighted by molar-refractivity contribution is 6.67. The number of halogens is 3. The van der Waals surface area contributed by atoms with Gasteiger partial charge in [0.1, 0.15) is 0 Å². The Labute approximate surface area is 70.8 Å². The monoisotopic (exact) mass is 186 g/mol. The topological polar surface area (TPSA) is 0 Å². The second-order valence-corrected chi connectivity index (χ2v) is 4.23. The number of rotatable bonds is 1. The van der Waals surface area contributed by atoms with Gasteiger partial charge in [0, 0.05) is 5.92 Å². The lowest BCUT2D eigenvalue weighted by Gasteiger charge is -2.15. The van der Waals surface area contributed by atoms with Gasteiger partial charge in [-0.2, -0.15) is 0 Å². The summed E-state index contributed by atoms with van der Waals surface area (Å²) in [6, 6.07) is 0. The van der Waals surface area contributed by atoms with E-state index in [2.05, 4.69) is 0 Å². The normalized spacial score (nSPS) is 16.6. The largest absolute Gasteiger partial charge is 0.196 e. The van der Waals surface area contributed by atoms with Gasteiger partial charge in [-0.3, -0.25) is 0 Å². The number of hydrogen-bond acceptors (Lipinski definition) is 0. The second-order valence-electron chi connectivity index (χ2n) is 1.86. The Morgan fingerprint density at radius 1 is 1.33 bits per heavy atom. The summed E-state index contributed by atoms with van der Waals surface area (Å²) in [5, 5.41) is 0. The maximum absolute atomic E-state index is 5.54. The van der Waals surface area contributed by atoms with Crippen LogP contribution in [0.5, 0.6) is 0 Å². The minimum Gasteiger partial charge on any atom is -0.0912 e. The van der Waals surface area contributed by atoms with E-state index in [1.165, 1.54) is 0 Å². The SMILES string of the molecule is CC=CC(C)C(Cl)(Cl)Cl. The molecule has 0 aliphatic heterocycles. The van der Waals surface area contributed by atoms with Crippen LogP contribution in [0.2, 0.25) is 0 Å². The van der Waals surface area contributed by atoms with Crippen molar-refractivity contribution >= 4 is 34.8 Å². The molecule has 0 heterocycles. The Bertz CT molecular complexity index is 101. The van der Waals surface area contributed by atoms with Crippen molar-refractivity contribution in [2.45, 2.75) is 17.6 Å². The Kier molecular flexibility index (Phi) is 3.95. The van der Waals surface area contributed by atoms with Gasteiger partial charge < -0.3 is 0 Å². The van der Waals surface area contributed by atoms with Crippen LogP contribution in [-0.2, 0) is 0 Å². The third-order valence-electron chi connectivity index (χ3n) is 0.997. The maximum Gasteiger partial charge on any atom is 0.196 e. The Balaban J connectivity index is 3.88. The van der Waals surface area contributed by atoms with Crippen molar-refractivity contribution in [3.8, 4) is 0 Å². The third-order valence-corrected chi connectivity index (χ3v) is 2.03. The molecule has 0 aromatic rings. The fourth-order valence-electron chi connectivity index (χ4n) is 0.398. The van der Waals surface area contributed by atoms with Gasteiger partial charge in [-0.05, 0) is 6.92 Å². The molecule has 0 bridgehead atoms. The molecular weight excluding hydrogens is 178 g/mol. The summed E-state index contributed by atoms with van der Waals surface area (Å²) >= 11 is 16.6. The summed E-state index contributed by atoms with van der Waals surface area (Å²) < 4.78 is -1.16. The minimum absolute atomic E-state index is 0.0208. The number of allylic oxidation sites excluding steroid dienone is 2. The molecule has 3 heteroatoms. The van der Waals surface area contributed by atoms with Crippen LogP contribution in [0.15, 0.2) is 12.2 Å². The summed E-state index contributed by atoms with van der Waals surface area (Å²) in [5.74, 6) is -0.0208. The van der Waals surface area contributed by atoms with Crippen LogP contribution < -0.4 is 0 Å². The van der Waals surface area contributed by atoms with Gasteiger partial charge in [0.2, 0.25) is 0 Å². The first-order valence-electron chi connectivity index (χ1n) is 2.68. The molecule has 54 valence electrons. The number of alkyl halides is 3. The van der Waals surface area contributed by atoms with E-state index in [-0.39, 0.29) is 5.92 Å². The van der Waals surface area contributed by atoms with Crippen molar-refractivity contribution < 1.29 is 0 Å². The Morgan fingerprint density at radius 3 is 1.89 bits per heavy atom. The lowest BCUT2D eigenvalue weighted by molar-refractivity contribution is 0.751. The smallest absolute Gasteiger partial charge is 0.0912 e. The molecular formula is C6H9Cl3. The standard InChI is InChI=1S/C6H9Cl3/c1-3-4-5(2)6(7,8)9/h3-5H,1-2H3. The molecule has 0 spiro atoms. The first-order valence-corrected chi connectivity index (χ1v) is 3.81. The quantitative estimate of drug-likeness (QED) is 0.435. The molecule has 9 heavy (non-hydrogen) atoms. The highest BCUT2D eigenvalue weighted by atomic mass is 35.6. The van der Waals surface area contributed by atoms with Crippen molar-refractivity contribution in [2.75, 3.05) is 0 Å². The molecule has 0 saturated carbocycles. The Morgan fingerprint density at radius 2 is 1.78 bits per heavy atom. The average Bonchev–Trinajstić information content (AvgIpc) is 1.64. The highest BCUT2D eigenvalue weighted by Crippen LogP contribution is 2.35. The summed E-state index contributed by atoms with van der Waals surface area (Å²) in [6.07, 6.45) is 3.72. The molecule has 0 saturated heterocycles. The van der Waals surface area contributed by atoms with E-state index in [1.807, 2.05) is 26.0 Å². The molecule has 0 aliphatic carbocycles. The van der Waals surface area contributed by atoms with E-state index in [1.54, 1.807) is 0 Å². The summed E-state index contributed by atoms with van der Waals surface area (Å²) in [5.41, 5.74) is 0. The molecule has 1 atom stereocenters. The van der Waals surface area contributed by atoms with E-state index in [0.717, 1.165) is 0 Å². The predicted octanol–water partition coefficient (Wildman–Crippen LogP) is 3.57. The molecule has 0 amide bonds. The lowest BCUT2D eigenvalue weighted by Crippen LogP contribution is -2.12. The average molecular weight is 187 g/mol. The van der Waals surface area contributed by atoms with Gasteiger partial charge in [-0.1, -0.05) is 53.9 Å². The first kappa shape index (κ1) is 9.61. The first-order chi connectivity index (χ1) is 3.98. The molecule has 0 nitrogen and oxygen atoms in total. The van der Waals surface area contributed by atoms with Gasteiger partial charge in [0.15, 0.2) is 3.79 Å². The number of hydrogen-bond donors (Lipinski definition) is 0. The molecule has 0 aromatic carbocycles. The molecule has 0 radical (unpaired) electrons. The third kappa shape index (κ3) is 4.07. The van der Waals surface area contributed by atoms with Crippen LogP contribution in [0.3, 0.4) is 0 Å². The van der Waals surface area contributed by atoms with E-state index in [4.69, 9.17) is 34.8 Å². The predicted molar refractivity (Wildman–Crippen MR) is 44.3 cm³/mol. The van der Waals surface area contributed by atoms with Gasteiger partial charge in [0.05, 0.1) is 0 Å². The zero-order valence-corrected chi connectivity index (χ0v) is 7.63. The van der Waals surface area contributed by atoms with Crippen molar-refractivity contribution in [3.05, 3.63) is 12.2 Å². The van der Waals surface area contributed by atoms with Crippen molar-refractivity contribution in [2.24, 2.45) is 5.92 Å². The fraction of sp³-hybridized carbons (Fsp3) is 0.667. The van der Waals surface area contributed by atoms with Gasteiger partial charge in [-0.25, -0.2) is 0 Å². The van der Waals surface area contributed by atoms with Gasteiger partial charge in [-0.15, -0.1) is 0 Å². The van der Waals surface area contributed by atoms with Crippen LogP contribution in [0, 0.1) is 5.92 Å². The van der Waals surface area contributed by atoms with Crippen LogP contribution in [-0.4, -0.2) is 3.79 Å². The van der Waals surface area contributed by atoms with Crippen LogP contribution in [0.1, 0.15) is 13.8 Å². The molecule has 0 rings (SSSR count). The van der Waals surface area contributed by atoms with Crippen LogP contribution in [0.25, 0.3) is 0 Å². The van der Waals surface area contributed by atoms with E-state index >= 15 is 0 Å². The summed E-state index contributed by atoms with van der Waals surface area (Å²) in [7, 11) is 0. The van der Waals surface area contributed by atoms with E-state index in [9.17, 15) is 0 Å². The summed E-state index contributed by atoms with van der Waals surface area (Å²) in [6.45, 7) is 3.75. The zero-order valence-electron chi connectivity index (χ0n) is 5.37. The van der Waals surface area contributed by atoms with Crippen molar-refractivity contribution in [3.63, 3.8) is 0 Å². The van der Waals surface area contributed by atoms with E-state index < -0.39 is 3.79 Å². The maximum atomic E-state index is 5.54. The van der Waals surface area contributed by atoms with Gasteiger partial charge >= 0.3 is 0 Å². The molecule has 0 N–H and O–H groups in total. The zero-order chi connectivity index (χ0) is 7.49. The van der Waals surface area contributed by atoms with Crippen LogP contribution in [0.4, 0.5) is 0 Å².